The van der Waals surface area contributed by atoms with Crippen LogP contribution in [0.25, 0.3) is 0 Å². The average molecular weight is 671 g/mol. The topological polar surface area (TPSA) is 86.8 Å². The maximum Gasteiger partial charge on any atom is 0.264 e. The van der Waals surface area contributed by atoms with Crippen molar-refractivity contribution in [2.75, 3.05) is 10.8 Å². The number of rotatable bonds is 13. The molecule has 0 aromatic heterocycles. The smallest absolute Gasteiger partial charge is 0.264 e. The first-order valence-corrected chi connectivity index (χ1v) is 16.6. The zero-order valence-corrected chi connectivity index (χ0v) is 27.2. The Morgan fingerprint density at radius 2 is 1.49 bits per heavy atom. The molecule has 4 aromatic carbocycles. The van der Waals surface area contributed by atoms with E-state index in [1.54, 1.807) is 24.3 Å². The first-order valence-electron chi connectivity index (χ1n) is 14.4. The number of carbonyl (C=O) groups excluding carboxylic acids is 2. The summed E-state index contributed by atoms with van der Waals surface area (Å²) in [6, 6.07) is 25.7. The summed E-state index contributed by atoms with van der Waals surface area (Å²) in [4.78, 5) is 29.4. The van der Waals surface area contributed by atoms with Gasteiger partial charge in [0.15, 0.2) is 0 Å². The van der Waals surface area contributed by atoms with Crippen molar-refractivity contribution in [3.63, 3.8) is 0 Å². The second-order valence-electron chi connectivity index (χ2n) is 10.6. The minimum atomic E-state index is -4.31. The van der Waals surface area contributed by atoms with Gasteiger partial charge in [0.05, 0.1) is 20.6 Å². The van der Waals surface area contributed by atoms with Crippen molar-refractivity contribution < 1.29 is 22.4 Å². The number of sulfonamides is 1. The van der Waals surface area contributed by atoms with E-state index in [-0.39, 0.29) is 45.2 Å². The minimum Gasteiger partial charge on any atom is -0.352 e. The van der Waals surface area contributed by atoms with Crippen LogP contribution < -0.4 is 9.62 Å². The second kappa shape index (κ2) is 15.4. The molecule has 7 nitrogen and oxygen atoms in total. The Bertz CT molecular complexity index is 1730. The molecule has 0 aliphatic heterocycles. The van der Waals surface area contributed by atoms with Gasteiger partial charge < -0.3 is 10.2 Å². The highest BCUT2D eigenvalue weighted by atomic mass is 35.5. The van der Waals surface area contributed by atoms with E-state index in [1.165, 1.54) is 53.4 Å². The molecule has 0 bridgehead atoms. The molecule has 0 unspecified atom stereocenters. The molecular weight excluding hydrogens is 636 g/mol. The Kier molecular flexibility index (Phi) is 11.6. The molecule has 0 fully saturated rings. The van der Waals surface area contributed by atoms with E-state index in [0.717, 1.165) is 9.87 Å². The molecule has 4 rings (SSSR count). The number of nitrogens with zero attached hydrogens (tertiary/aromatic N) is 2. The Morgan fingerprint density at radius 3 is 2.11 bits per heavy atom. The fourth-order valence-electron chi connectivity index (χ4n) is 4.69. The minimum absolute atomic E-state index is 0.0557. The summed E-state index contributed by atoms with van der Waals surface area (Å²) in [5.74, 6) is -1.72. The van der Waals surface area contributed by atoms with Crippen LogP contribution >= 0.6 is 23.2 Å². The van der Waals surface area contributed by atoms with Crippen molar-refractivity contribution in [2.24, 2.45) is 0 Å². The molecule has 0 saturated carbocycles. The quantitative estimate of drug-likeness (QED) is 0.168. The number of carbonyl (C=O) groups is 2. The fraction of sp³-hybridized carbons (Fsp3) is 0.235. The zero-order chi connectivity index (χ0) is 32.6. The predicted molar refractivity (Wildman–Crippen MR) is 176 cm³/mol. The van der Waals surface area contributed by atoms with Gasteiger partial charge in [-0.25, -0.2) is 12.8 Å². The van der Waals surface area contributed by atoms with Crippen LogP contribution in [-0.2, 0) is 32.6 Å². The third-order valence-electron chi connectivity index (χ3n) is 7.37. The highest BCUT2D eigenvalue weighted by molar-refractivity contribution is 7.92. The summed E-state index contributed by atoms with van der Waals surface area (Å²) < 4.78 is 44.0. The van der Waals surface area contributed by atoms with Gasteiger partial charge in [0, 0.05) is 24.6 Å². The summed E-state index contributed by atoms with van der Waals surface area (Å²) in [6.07, 6.45) is 0.757. The summed E-state index contributed by atoms with van der Waals surface area (Å²) in [7, 11) is -4.31. The Hall–Kier alpha value is -3.92. The molecule has 0 heterocycles. The number of anilines is 1. The normalized spacial score (nSPS) is 12.6. The summed E-state index contributed by atoms with van der Waals surface area (Å²) in [6.45, 7) is 2.78. The van der Waals surface area contributed by atoms with Crippen LogP contribution in [0.1, 0.15) is 31.4 Å². The van der Waals surface area contributed by atoms with Gasteiger partial charge in [0.25, 0.3) is 10.0 Å². The van der Waals surface area contributed by atoms with Crippen LogP contribution in [-0.4, -0.2) is 43.8 Å². The molecule has 2 atom stereocenters. The van der Waals surface area contributed by atoms with Gasteiger partial charge in [-0.05, 0) is 55.3 Å². The molecule has 4 aromatic rings. The van der Waals surface area contributed by atoms with Crippen molar-refractivity contribution in [1.82, 2.24) is 10.2 Å². The van der Waals surface area contributed by atoms with Crippen LogP contribution in [0.4, 0.5) is 10.1 Å². The van der Waals surface area contributed by atoms with Crippen LogP contribution in [0.15, 0.2) is 108 Å². The molecule has 0 spiro atoms. The third-order valence-corrected chi connectivity index (χ3v) is 9.90. The van der Waals surface area contributed by atoms with E-state index in [0.29, 0.717) is 6.42 Å². The van der Waals surface area contributed by atoms with Crippen LogP contribution in [0, 0.1) is 5.82 Å². The van der Waals surface area contributed by atoms with Crippen molar-refractivity contribution in [2.45, 2.75) is 50.2 Å². The fourth-order valence-corrected chi connectivity index (χ4v) is 6.41. The lowest BCUT2D eigenvalue weighted by Gasteiger charge is -2.34. The van der Waals surface area contributed by atoms with Crippen molar-refractivity contribution in [3.05, 3.63) is 130 Å². The molecule has 2 amide bonds. The third kappa shape index (κ3) is 8.63. The summed E-state index contributed by atoms with van der Waals surface area (Å²) >= 11 is 12.4. The van der Waals surface area contributed by atoms with Crippen molar-refractivity contribution in [3.8, 4) is 0 Å². The molecule has 45 heavy (non-hydrogen) atoms. The Balaban J connectivity index is 1.83. The monoisotopic (exact) mass is 669 g/mol. The van der Waals surface area contributed by atoms with E-state index in [9.17, 15) is 18.0 Å². The largest absolute Gasteiger partial charge is 0.352 e. The van der Waals surface area contributed by atoms with Gasteiger partial charge in [0.1, 0.15) is 18.4 Å². The zero-order valence-electron chi connectivity index (χ0n) is 24.9. The van der Waals surface area contributed by atoms with Gasteiger partial charge in [-0.3, -0.25) is 13.9 Å². The standard InChI is InChI=1S/C34H34Cl2FN3O4S/c1-3-24(2)38-34(42)32(20-25-12-6-4-7-13-25)39(22-26-14-10-11-17-31(26)37)33(41)23-40(27-18-19-29(35)30(36)21-27)45(43,44)28-15-8-5-9-16-28/h4-19,21,24,32H,3,20,22-23H2,1-2H3,(H,38,42)/t24-,32+/m1/s1. The van der Waals surface area contributed by atoms with E-state index in [2.05, 4.69) is 5.32 Å². The molecule has 0 aliphatic rings. The SMILES string of the molecule is CC[C@@H](C)NC(=O)[C@H](Cc1ccccc1)N(Cc1ccccc1F)C(=O)CN(c1ccc(Cl)c(Cl)c1)S(=O)(=O)c1ccccc1. The van der Waals surface area contributed by atoms with Gasteiger partial charge in [0.2, 0.25) is 11.8 Å². The number of benzene rings is 4. The molecule has 0 radical (unpaired) electrons. The maximum atomic E-state index is 15.0. The molecule has 0 saturated heterocycles. The highest BCUT2D eigenvalue weighted by Gasteiger charge is 2.35. The molecule has 11 heteroatoms. The van der Waals surface area contributed by atoms with Gasteiger partial charge in [-0.2, -0.15) is 0 Å². The predicted octanol–water partition coefficient (Wildman–Crippen LogP) is 6.88. The van der Waals surface area contributed by atoms with Gasteiger partial charge in [-0.1, -0.05) is 96.9 Å². The second-order valence-corrected chi connectivity index (χ2v) is 13.2. The van der Waals surface area contributed by atoms with Crippen LogP contribution in [0.5, 0.6) is 0 Å². The van der Waals surface area contributed by atoms with E-state index in [1.807, 2.05) is 44.2 Å². The van der Waals surface area contributed by atoms with E-state index in [4.69, 9.17) is 23.2 Å². The Labute approximate surface area is 273 Å². The lowest BCUT2D eigenvalue weighted by atomic mass is 10.0. The average Bonchev–Trinajstić information content (AvgIpc) is 3.04. The molecule has 236 valence electrons. The van der Waals surface area contributed by atoms with Gasteiger partial charge in [-0.15, -0.1) is 0 Å². The summed E-state index contributed by atoms with van der Waals surface area (Å²) in [5, 5.41) is 3.24. The lowest BCUT2D eigenvalue weighted by Crippen LogP contribution is -2.54. The molecule has 0 aliphatic carbocycles. The Morgan fingerprint density at radius 1 is 0.867 bits per heavy atom. The number of halogens is 3. The number of hydrogen-bond donors (Lipinski definition) is 1. The van der Waals surface area contributed by atoms with Crippen molar-refractivity contribution >= 4 is 50.7 Å². The van der Waals surface area contributed by atoms with Gasteiger partial charge >= 0.3 is 0 Å². The maximum absolute atomic E-state index is 15.0. The number of amides is 2. The van der Waals surface area contributed by atoms with E-state index < -0.39 is 40.2 Å². The highest BCUT2D eigenvalue weighted by Crippen LogP contribution is 2.31. The number of hydrogen-bond acceptors (Lipinski definition) is 4. The first kappa shape index (κ1) is 34.0. The molecular formula is C34H34Cl2FN3O4S. The summed E-state index contributed by atoms with van der Waals surface area (Å²) in [5.41, 5.74) is 1.04. The lowest BCUT2D eigenvalue weighted by molar-refractivity contribution is -0.140. The number of nitrogens with one attached hydrogen (secondary N) is 1. The van der Waals surface area contributed by atoms with Crippen LogP contribution in [0.2, 0.25) is 10.0 Å². The molecule has 1 N–H and O–H groups in total. The van der Waals surface area contributed by atoms with E-state index >= 15 is 4.39 Å². The first-order chi connectivity index (χ1) is 21.5. The van der Waals surface area contributed by atoms with Crippen LogP contribution in [0.3, 0.4) is 0 Å². The van der Waals surface area contributed by atoms with Crippen molar-refractivity contribution in [1.29, 1.82) is 0 Å².